The smallest absolute Gasteiger partial charge is 0.437 e. The van der Waals surface area contributed by atoms with Gasteiger partial charge in [-0.25, -0.2) is 4.79 Å². The number of likely N-dealkylation sites (tertiary alicyclic amines) is 1. The molecule has 0 N–H and O–H groups in total. The lowest BCUT2D eigenvalue weighted by Crippen LogP contribution is -2.45. The standard InChI is InChI=1S/C26H28N2O5/c1-5-6-19-13-17(2)23(18(3)14-19)24-20(29)15-26(16-21(24)33-25(31)32-4)8-11-28(12-9-26)22(30)7-10-27/h13-14H,7-9,11-12,15-16H2,1-4H3. The van der Waals surface area contributed by atoms with Crippen LogP contribution < -0.4 is 0 Å². The number of amides is 1. The molecule has 0 unspecified atom stereocenters. The van der Waals surface area contributed by atoms with Crippen molar-refractivity contribution in [2.75, 3.05) is 20.2 Å². The molecule has 2 aliphatic rings. The van der Waals surface area contributed by atoms with E-state index in [1.54, 1.807) is 11.8 Å². The third kappa shape index (κ3) is 5.09. The van der Waals surface area contributed by atoms with Crippen LogP contribution in [0.2, 0.25) is 0 Å². The number of ether oxygens (including phenoxy) is 2. The van der Waals surface area contributed by atoms with Gasteiger partial charge in [-0.2, -0.15) is 5.26 Å². The second-order valence-corrected chi connectivity index (χ2v) is 8.71. The van der Waals surface area contributed by atoms with Crippen LogP contribution in [0.5, 0.6) is 0 Å². The zero-order valence-corrected chi connectivity index (χ0v) is 19.5. The molecular formula is C26H28N2O5. The molecule has 1 aliphatic heterocycles. The Balaban J connectivity index is 2.00. The summed E-state index contributed by atoms with van der Waals surface area (Å²) in [4.78, 5) is 39.4. The minimum absolute atomic E-state index is 0.0857. The van der Waals surface area contributed by atoms with E-state index < -0.39 is 11.6 Å². The Morgan fingerprint density at radius 2 is 1.79 bits per heavy atom. The highest BCUT2D eigenvalue weighted by Gasteiger charge is 2.44. The Bertz CT molecular complexity index is 1100. The fourth-order valence-corrected chi connectivity index (χ4v) is 4.92. The number of allylic oxidation sites excluding steroid dienone is 2. The zero-order chi connectivity index (χ0) is 24.2. The van der Waals surface area contributed by atoms with Gasteiger partial charge < -0.3 is 14.4 Å². The summed E-state index contributed by atoms with van der Waals surface area (Å²) in [6.07, 6.45) is 0.896. The van der Waals surface area contributed by atoms with Gasteiger partial charge in [-0.3, -0.25) is 9.59 Å². The number of carbonyl (C=O) groups excluding carboxylic acids is 3. The van der Waals surface area contributed by atoms with Gasteiger partial charge in [-0.1, -0.05) is 5.92 Å². The number of aryl methyl sites for hydroxylation is 2. The van der Waals surface area contributed by atoms with E-state index in [1.165, 1.54) is 7.11 Å². The molecule has 7 heteroatoms. The van der Waals surface area contributed by atoms with Crippen LogP contribution in [0.1, 0.15) is 61.3 Å². The van der Waals surface area contributed by atoms with E-state index in [0.717, 1.165) is 22.3 Å². The van der Waals surface area contributed by atoms with Crippen molar-refractivity contribution in [2.24, 2.45) is 5.41 Å². The van der Waals surface area contributed by atoms with E-state index in [0.29, 0.717) is 50.1 Å². The third-order valence-corrected chi connectivity index (χ3v) is 6.46. The molecule has 0 atom stereocenters. The van der Waals surface area contributed by atoms with Crippen LogP contribution in [-0.4, -0.2) is 42.9 Å². The lowest BCUT2D eigenvalue weighted by Gasteiger charge is -2.44. The molecule has 0 aromatic heterocycles. The molecule has 0 radical (unpaired) electrons. The first-order chi connectivity index (χ1) is 15.7. The van der Waals surface area contributed by atoms with Gasteiger partial charge in [0, 0.05) is 31.5 Å². The van der Waals surface area contributed by atoms with Crippen LogP contribution in [0.4, 0.5) is 4.79 Å². The van der Waals surface area contributed by atoms with Gasteiger partial charge in [0.1, 0.15) is 12.2 Å². The third-order valence-electron chi connectivity index (χ3n) is 6.46. The van der Waals surface area contributed by atoms with Gasteiger partial charge in [0.25, 0.3) is 0 Å². The van der Waals surface area contributed by atoms with Crippen LogP contribution in [0.15, 0.2) is 17.9 Å². The highest BCUT2D eigenvalue weighted by Crippen LogP contribution is 2.48. The molecule has 7 nitrogen and oxygen atoms in total. The molecule has 1 aliphatic carbocycles. The van der Waals surface area contributed by atoms with Gasteiger partial charge in [-0.15, -0.1) is 5.92 Å². The average molecular weight is 449 g/mol. The van der Waals surface area contributed by atoms with Crippen molar-refractivity contribution >= 4 is 23.4 Å². The second kappa shape index (κ2) is 9.92. The molecule has 172 valence electrons. The molecule has 1 heterocycles. The van der Waals surface area contributed by atoms with Gasteiger partial charge >= 0.3 is 6.16 Å². The summed E-state index contributed by atoms with van der Waals surface area (Å²) in [5.74, 6) is 5.96. The van der Waals surface area contributed by atoms with Crippen molar-refractivity contribution < 1.29 is 23.9 Å². The summed E-state index contributed by atoms with van der Waals surface area (Å²) >= 11 is 0. The maximum atomic E-state index is 13.5. The number of hydrogen-bond acceptors (Lipinski definition) is 6. The average Bonchev–Trinajstić information content (AvgIpc) is 2.76. The number of hydrogen-bond donors (Lipinski definition) is 0. The molecule has 1 fully saturated rings. The Labute approximate surface area is 194 Å². The summed E-state index contributed by atoms with van der Waals surface area (Å²) in [6.45, 7) is 6.55. The van der Waals surface area contributed by atoms with E-state index >= 15 is 0 Å². The molecule has 1 aromatic rings. The van der Waals surface area contributed by atoms with E-state index in [4.69, 9.17) is 14.7 Å². The fourth-order valence-electron chi connectivity index (χ4n) is 4.92. The summed E-state index contributed by atoms with van der Waals surface area (Å²) in [5.41, 5.74) is 3.41. The van der Waals surface area contributed by atoms with Gasteiger partial charge in [0.2, 0.25) is 5.91 Å². The summed E-state index contributed by atoms with van der Waals surface area (Å²) in [7, 11) is 1.23. The van der Waals surface area contributed by atoms with Gasteiger partial charge in [0.15, 0.2) is 5.78 Å². The number of piperidine rings is 1. The first-order valence-electron chi connectivity index (χ1n) is 10.9. The van der Waals surface area contributed by atoms with Gasteiger partial charge in [0.05, 0.1) is 18.8 Å². The number of benzene rings is 1. The quantitative estimate of drug-likeness (QED) is 0.511. The lowest BCUT2D eigenvalue weighted by atomic mass is 9.66. The highest BCUT2D eigenvalue weighted by atomic mass is 16.7. The maximum absolute atomic E-state index is 13.5. The van der Waals surface area contributed by atoms with Crippen LogP contribution in [0.25, 0.3) is 5.57 Å². The largest absolute Gasteiger partial charge is 0.513 e. The van der Waals surface area contributed by atoms with Crippen LogP contribution >= 0.6 is 0 Å². The molecule has 3 rings (SSSR count). The monoisotopic (exact) mass is 448 g/mol. The SMILES string of the molecule is CC#Cc1cc(C)c(C2=C(OC(=O)OC)CC3(CCN(C(=O)CC#N)CC3)CC2=O)c(C)c1. The van der Waals surface area contributed by atoms with Crippen LogP contribution in [-0.2, 0) is 19.1 Å². The highest BCUT2D eigenvalue weighted by molar-refractivity contribution is 6.23. The van der Waals surface area contributed by atoms with Crippen LogP contribution in [0.3, 0.4) is 0 Å². The van der Waals surface area contributed by atoms with Crippen LogP contribution in [0, 0.1) is 42.4 Å². The van der Waals surface area contributed by atoms with Crippen molar-refractivity contribution in [3.63, 3.8) is 0 Å². The normalized spacial score (nSPS) is 17.2. The van der Waals surface area contributed by atoms with E-state index in [9.17, 15) is 14.4 Å². The molecule has 33 heavy (non-hydrogen) atoms. The summed E-state index contributed by atoms with van der Waals surface area (Å²) in [5, 5.41) is 8.80. The number of carbonyl (C=O) groups is 3. The Kier molecular flexibility index (Phi) is 7.23. The molecule has 0 saturated carbocycles. The predicted molar refractivity (Wildman–Crippen MR) is 122 cm³/mol. The van der Waals surface area contributed by atoms with Crippen molar-refractivity contribution in [3.05, 3.63) is 40.1 Å². The van der Waals surface area contributed by atoms with Gasteiger partial charge in [-0.05, 0) is 67.9 Å². The summed E-state index contributed by atoms with van der Waals surface area (Å²) in [6, 6.07) is 5.75. The van der Waals surface area contributed by atoms with Crippen molar-refractivity contribution in [3.8, 4) is 17.9 Å². The summed E-state index contributed by atoms with van der Waals surface area (Å²) < 4.78 is 10.3. The molecule has 1 aromatic carbocycles. The Hall–Kier alpha value is -3.58. The van der Waals surface area contributed by atoms with Crippen molar-refractivity contribution in [2.45, 2.75) is 52.9 Å². The van der Waals surface area contributed by atoms with Crippen molar-refractivity contribution in [1.29, 1.82) is 5.26 Å². The van der Waals surface area contributed by atoms with E-state index in [1.807, 2.05) is 32.0 Å². The predicted octanol–water partition coefficient (Wildman–Crippen LogP) is 4.05. The van der Waals surface area contributed by atoms with E-state index in [2.05, 4.69) is 11.8 Å². The molecule has 1 spiro atoms. The van der Waals surface area contributed by atoms with E-state index in [-0.39, 0.29) is 18.1 Å². The fraction of sp³-hybridized carbons (Fsp3) is 0.462. The molecule has 1 saturated heterocycles. The first-order valence-corrected chi connectivity index (χ1v) is 10.9. The number of methoxy groups -OCH3 is 1. The molecule has 1 amide bonds. The number of nitrogens with zero attached hydrogens (tertiary/aromatic N) is 2. The first kappa shape index (κ1) is 24.1. The second-order valence-electron chi connectivity index (χ2n) is 8.71. The number of ketones is 1. The maximum Gasteiger partial charge on any atom is 0.513 e. The molecule has 0 bridgehead atoms. The number of Topliss-reactive ketones (excluding diaryl/α,β-unsaturated/α-hetero) is 1. The Morgan fingerprint density at radius 1 is 1.15 bits per heavy atom. The minimum atomic E-state index is -0.863. The number of nitriles is 1. The topological polar surface area (TPSA) is 96.7 Å². The molecular weight excluding hydrogens is 420 g/mol. The number of rotatable bonds is 3. The zero-order valence-electron chi connectivity index (χ0n) is 19.5. The van der Waals surface area contributed by atoms with Crippen molar-refractivity contribution in [1.82, 2.24) is 4.90 Å². The lowest BCUT2D eigenvalue weighted by molar-refractivity contribution is -0.133. The minimum Gasteiger partial charge on any atom is -0.437 e. The Morgan fingerprint density at radius 3 is 2.33 bits per heavy atom.